The van der Waals surface area contributed by atoms with Crippen LogP contribution in [0, 0.1) is 19.8 Å². The molecule has 0 heterocycles. The number of benzene rings is 1. The van der Waals surface area contributed by atoms with E-state index in [1.165, 1.54) is 17.3 Å². The average molecular weight is 323 g/mol. The Kier molecular flexibility index (Phi) is 6.48. The topological polar surface area (TPSA) is 66.4 Å². The fraction of sp³-hybridized carbons (Fsp3) is 0.529. The predicted octanol–water partition coefficient (Wildman–Crippen LogP) is 3.40. The van der Waals surface area contributed by atoms with E-state index in [2.05, 4.69) is 11.4 Å². The molecule has 0 aliphatic heterocycles. The first kappa shape index (κ1) is 18.6. The molecule has 0 fully saturated rings. The van der Waals surface area contributed by atoms with Gasteiger partial charge >= 0.3 is 5.97 Å². The second-order valence-corrected chi connectivity index (χ2v) is 7.27. The highest BCUT2D eigenvalue weighted by molar-refractivity contribution is 8.00. The van der Waals surface area contributed by atoms with E-state index < -0.39 is 11.5 Å². The fourth-order valence-corrected chi connectivity index (χ4v) is 2.98. The summed E-state index contributed by atoms with van der Waals surface area (Å²) >= 11 is 1.48. The molecule has 0 bridgehead atoms. The fourth-order valence-electron chi connectivity index (χ4n) is 2.17. The molecule has 5 heteroatoms. The number of amides is 1. The molecule has 22 heavy (non-hydrogen) atoms. The van der Waals surface area contributed by atoms with Gasteiger partial charge in [-0.2, -0.15) is 0 Å². The number of nitrogens with one attached hydrogen (secondary N) is 1. The van der Waals surface area contributed by atoms with Gasteiger partial charge in [-0.25, -0.2) is 0 Å². The van der Waals surface area contributed by atoms with E-state index in [1.54, 1.807) is 6.92 Å². The Hall–Kier alpha value is -1.49. The van der Waals surface area contributed by atoms with Gasteiger partial charge in [-0.3, -0.25) is 9.59 Å². The number of carboxylic acids is 1. The van der Waals surface area contributed by atoms with Gasteiger partial charge < -0.3 is 10.4 Å². The maximum atomic E-state index is 12.2. The molecule has 0 aliphatic rings. The van der Waals surface area contributed by atoms with Gasteiger partial charge in [-0.05, 0) is 38.3 Å². The van der Waals surface area contributed by atoms with E-state index in [0.29, 0.717) is 0 Å². The maximum Gasteiger partial charge on any atom is 0.305 e. The lowest BCUT2D eigenvalue weighted by molar-refractivity contribution is -0.139. The van der Waals surface area contributed by atoms with Crippen LogP contribution in [0.4, 0.5) is 0 Å². The molecule has 0 spiro atoms. The molecule has 1 rings (SSSR count). The highest BCUT2D eigenvalue weighted by Gasteiger charge is 2.32. The van der Waals surface area contributed by atoms with Crippen LogP contribution in [-0.4, -0.2) is 28.3 Å². The van der Waals surface area contributed by atoms with E-state index in [1.807, 2.05) is 39.8 Å². The third-order valence-corrected chi connectivity index (χ3v) is 5.08. The zero-order valence-electron chi connectivity index (χ0n) is 13.9. The summed E-state index contributed by atoms with van der Waals surface area (Å²) < 4.78 is 0. The third-order valence-electron chi connectivity index (χ3n) is 3.91. The van der Waals surface area contributed by atoms with Crippen molar-refractivity contribution in [3.05, 3.63) is 29.3 Å². The monoisotopic (exact) mass is 323 g/mol. The Morgan fingerprint density at radius 2 is 1.95 bits per heavy atom. The number of carbonyl (C=O) groups is 2. The summed E-state index contributed by atoms with van der Waals surface area (Å²) in [6.07, 6.45) is -0.0787. The van der Waals surface area contributed by atoms with Crippen molar-refractivity contribution in [1.29, 1.82) is 0 Å². The van der Waals surface area contributed by atoms with Crippen molar-refractivity contribution >= 4 is 23.6 Å². The lowest BCUT2D eigenvalue weighted by Gasteiger charge is -2.33. The minimum atomic E-state index is -0.904. The van der Waals surface area contributed by atoms with E-state index >= 15 is 0 Å². The molecule has 122 valence electrons. The SMILES string of the molecule is Cc1ccc(SCC(=O)NC(C)(CC(=O)O)C(C)C)c(C)c1. The van der Waals surface area contributed by atoms with Gasteiger partial charge in [-0.1, -0.05) is 31.5 Å². The smallest absolute Gasteiger partial charge is 0.305 e. The van der Waals surface area contributed by atoms with E-state index in [0.717, 1.165) is 10.5 Å². The molecular formula is C17H25NO3S. The van der Waals surface area contributed by atoms with Crippen molar-refractivity contribution in [3.8, 4) is 0 Å². The number of rotatable bonds is 7. The van der Waals surface area contributed by atoms with Gasteiger partial charge in [0.2, 0.25) is 5.91 Å². The molecule has 4 nitrogen and oxygen atoms in total. The van der Waals surface area contributed by atoms with E-state index in [9.17, 15) is 9.59 Å². The standard InChI is InChI=1S/C17H25NO3S/c1-11(2)17(5,9-16(20)21)18-15(19)10-22-14-7-6-12(3)8-13(14)4/h6-8,11H,9-10H2,1-5H3,(H,18,19)(H,20,21). The van der Waals surface area contributed by atoms with Crippen molar-refractivity contribution in [2.24, 2.45) is 5.92 Å². The van der Waals surface area contributed by atoms with Crippen molar-refractivity contribution in [2.75, 3.05) is 5.75 Å². The van der Waals surface area contributed by atoms with Crippen molar-refractivity contribution in [2.45, 2.75) is 51.5 Å². The van der Waals surface area contributed by atoms with Gasteiger partial charge in [0.1, 0.15) is 0 Å². The predicted molar refractivity (Wildman–Crippen MR) is 90.3 cm³/mol. The highest BCUT2D eigenvalue weighted by atomic mass is 32.2. The van der Waals surface area contributed by atoms with Gasteiger partial charge in [0.05, 0.1) is 12.2 Å². The molecule has 0 saturated carbocycles. The summed E-state index contributed by atoms with van der Waals surface area (Å²) in [5.74, 6) is -0.717. The molecular weight excluding hydrogens is 298 g/mol. The van der Waals surface area contributed by atoms with E-state index in [4.69, 9.17) is 5.11 Å². The lowest BCUT2D eigenvalue weighted by Crippen LogP contribution is -2.51. The van der Waals surface area contributed by atoms with Crippen LogP contribution in [0.3, 0.4) is 0 Å². The second-order valence-electron chi connectivity index (χ2n) is 6.25. The minimum absolute atomic E-state index is 0.0404. The summed E-state index contributed by atoms with van der Waals surface area (Å²) in [6, 6.07) is 6.13. The quantitative estimate of drug-likeness (QED) is 0.755. The second kappa shape index (κ2) is 7.68. The molecule has 1 aromatic rings. The van der Waals surface area contributed by atoms with Crippen LogP contribution in [-0.2, 0) is 9.59 Å². The number of carbonyl (C=O) groups excluding carboxylic acids is 1. The van der Waals surface area contributed by atoms with Crippen LogP contribution in [0.2, 0.25) is 0 Å². The maximum absolute atomic E-state index is 12.2. The average Bonchev–Trinajstić information content (AvgIpc) is 2.36. The van der Waals surface area contributed by atoms with Crippen LogP contribution >= 0.6 is 11.8 Å². The van der Waals surface area contributed by atoms with Crippen molar-refractivity contribution in [1.82, 2.24) is 5.32 Å². The van der Waals surface area contributed by atoms with Crippen LogP contribution in [0.1, 0.15) is 38.3 Å². The highest BCUT2D eigenvalue weighted by Crippen LogP contribution is 2.24. The van der Waals surface area contributed by atoms with Gasteiger partial charge in [0.25, 0.3) is 0 Å². The third kappa shape index (κ3) is 5.37. The summed E-state index contributed by atoms with van der Waals surface area (Å²) in [4.78, 5) is 24.2. The lowest BCUT2D eigenvalue weighted by atomic mass is 9.85. The van der Waals surface area contributed by atoms with Crippen molar-refractivity contribution < 1.29 is 14.7 Å². The zero-order valence-corrected chi connectivity index (χ0v) is 14.7. The summed E-state index contributed by atoms with van der Waals surface area (Å²) in [5.41, 5.74) is 1.61. The Morgan fingerprint density at radius 3 is 2.45 bits per heavy atom. The number of thioether (sulfide) groups is 1. The number of aryl methyl sites for hydroxylation is 2. The first-order chi connectivity index (χ1) is 10.1. The van der Waals surface area contributed by atoms with E-state index in [-0.39, 0.29) is 24.0 Å². The Morgan fingerprint density at radius 1 is 1.32 bits per heavy atom. The number of hydrogen-bond donors (Lipinski definition) is 2. The van der Waals surface area contributed by atoms with Gasteiger partial charge in [0, 0.05) is 10.4 Å². The minimum Gasteiger partial charge on any atom is -0.481 e. The largest absolute Gasteiger partial charge is 0.481 e. The van der Waals surface area contributed by atoms with Crippen LogP contribution in [0.5, 0.6) is 0 Å². The number of carboxylic acid groups (broad SMARTS) is 1. The van der Waals surface area contributed by atoms with Crippen LogP contribution < -0.4 is 5.32 Å². The Balaban J connectivity index is 2.66. The molecule has 0 radical (unpaired) electrons. The molecule has 1 amide bonds. The summed E-state index contributed by atoms with van der Waals surface area (Å²) in [6.45, 7) is 9.68. The molecule has 1 unspecified atom stereocenters. The Bertz CT molecular complexity index is 557. The van der Waals surface area contributed by atoms with Gasteiger partial charge in [0.15, 0.2) is 0 Å². The first-order valence-corrected chi connectivity index (χ1v) is 8.35. The normalized spacial score (nSPS) is 13.7. The first-order valence-electron chi connectivity index (χ1n) is 7.37. The Labute approximate surface area is 136 Å². The summed E-state index contributed by atoms with van der Waals surface area (Å²) in [5, 5.41) is 11.9. The van der Waals surface area contributed by atoms with Gasteiger partial charge in [-0.15, -0.1) is 11.8 Å². The molecule has 0 saturated heterocycles. The molecule has 0 aliphatic carbocycles. The number of hydrogen-bond acceptors (Lipinski definition) is 3. The van der Waals surface area contributed by atoms with Crippen LogP contribution in [0.15, 0.2) is 23.1 Å². The van der Waals surface area contributed by atoms with Crippen LogP contribution in [0.25, 0.3) is 0 Å². The molecule has 0 aromatic heterocycles. The number of aliphatic carboxylic acids is 1. The molecule has 1 atom stereocenters. The van der Waals surface area contributed by atoms with Crippen molar-refractivity contribution in [3.63, 3.8) is 0 Å². The molecule has 1 aromatic carbocycles. The summed E-state index contributed by atoms with van der Waals surface area (Å²) in [7, 11) is 0. The molecule has 2 N–H and O–H groups in total. The zero-order chi connectivity index (χ0) is 16.9.